The minimum absolute atomic E-state index is 0.0111. The molecule has 1 atom stereocenters. The highest BCUT2D eigenvalue weighted by molar-refractivity contribution is 7.92. The molecule has 2 amide bonds. The number of carbonyl (C=O) groups is 2. The standard InChI is InChI=1S/C25H31ClF3N3O4S/c1-16(2)13-30-24(34)18(4)31(14-19-8-6-7-17(3)11-19)23(33)15-32(37(5,35)36)20-9-10-22(26)21(12-20)25(27,28)29/h6-12,16,18H,13-15H2,1-5H3,(H,30,34)/t18-/m1/s1. The molecule has 0 radical (unpaired) electrons. The van der Waals surface area contributed by atoms with Gasteiger partial charge in [0.15, 0.2) is 0 Å². The highest BCUT2D eigenvalue weighted by atomic mass is 35.5. The second-order valence-electron chi connectivity index (χ2n) is 9.26. The smallest absolute Gasteiger partial charge is 0.354 e. The molecule has 204 valence electrons. The fraction of sp³-hybridized carbons (Fsp3) is 0.440. The number of hydrogen-bond acceptors (Lipinski definition) is 4. The summed E-state index contributed by atoms with van der Waals surface area (Å²) in [6.07, 6.45) is -4.05. The lowest BCUT2D eigenvalue weighted by Crippen LogP contribution is -2.51. The zero-order valence-electron chi connectivity index (χ0n) is 21.3. The van der Waals surface area contributed by atoms with Gasteiger partial charge in [0.1, 0.15) is 12.6 Å². The van der Waals surface area contributed by atoms with Gasteiger partial charge >= 0.3 is 6.18 Å². The number of aryl methyl sites for hydroxylation is 1. The summed E-state index contributed by atoms with van der Waals surface area (Å²) in [5, 5.41) is 2.15. The van der Waals surface area contributed by atoms with Crippen LogP contribution in [-0.2, 0) is 32.3 Å². The van der Waals surface area contributed by atoms with Gasteiger partial charge in [-0.1, -0.05) is 55.3 Å². The molecule has 0 aliphatic heterocycles. The predicted octanol–water partition coefficient (Wildman–Crippen LogP) is 4.62. The third kappa shape index (κ3) is 8.63. The maximum atomic E-state index is 13.5. The Morgan fingerprint density at radius 1 is 1.08 bits per heavy atom. The zero-order chi connectivity index (χ0) is 28.1. The molecule has 0 aliphatic rings. The Bertz CT molecular complexity index is 1240. The Hall–Kier alpha value is -2.79. The Morgan fingerprint density at radius 3 is 2.27 bits per heavy atom. The van der Waals surface area contributed by atoms with Crippen molar-refractivity contribution >= 4 is 39.1 Å². The summed E-state index contributed by atoms with van der Waals surface area (Å²) in [7, 11) is -4.19. The van der Waals surface area contributed by atoms with E-state index in [-0.39, 0.29) is 18.2 Å². The van der Waals surface area contributed by atoms with Crippen LogP contribution < -0.4 is 9.62 Å². The van der Waals surface area contributed by atoms with Gasteiger partial charge in [0, 0.05) is 13.1 Å². The summed E-state index contributed by atoms with van der Waals surface area (Å²) in [6, 6.07) is 8.84. The number of alkyl halides is 3. The summed E-state index contributed by atoms with van der Waals surface area (Å²) in [5.74, 6) is -1.04. The third-order valence-electron chi connectivity index (χ3n) is 5.51. The Morgan fingerprint density at radius 2 is 1.73 bits per heavy atom. The van der Waals surface area contributed by atoms with Crippen molar-refractivity contribution in [2.24, 2.45) is 5.92 Å². The van der Waals surface area contributed by atoms with E-state index in [0.29, 0.717) is 22.5 Å². The van der Waals surface area contributed by atoms with E-state index in [0.717, 1.165) is 24.0 Å². The number of anilines is 1. The average molecular weight is 562 g/mol. The van der Waals surface area contributed by atoms with E-state index < -0.39 is 51.2 Å². The first-order valence-corrected chi connectivity index (χ1v) is 13.7. The highest BCUT2D eigenvalue weighted by Crippen LogP contribution is 2.37. The molecule has 0 fully saturated rings. The van der Waals surface area contributed by atoms with E-state index in [1.807, 2.05) is 32.9 Å². The molecule has 0 aliphatic carbocycles. The van der Waals surface area contributed by atoms with Gasteiger partial charge < -0.3 is 10.2 Å². The predicted molar refractivity (Wildman–Crippen MR) is 138 cm³/mol. The lowest BCUT2D eigenvalue weighted by Gasteiger charge is -2.32. The van der Waals surface area contributed by atoms with E-state index in [4.69, 9.17) is 11.6 Å². The van der Waals surface area contributed by atoms with Gasteiger partial charge in [-0.05, 0) is 43.5 Å². The molecule has 2 aromatic rings. The number of sulfonamides is 1. The number of rotatable bonds is 10. The lowest BCUT2D eigenvalue weighted by atomic mass is 10.1. The number of carbonyl (C=O) groups excluding carboxylic acids is 2. The van der Waals surface area contributed by atoms with E-state index >= 15 is 0 Å². The van der Waals surface area contributed by atoms with Gasteiger partial charge in [0.2, 0.25) is 21.8 Å². The molecule has 7 nitrogen and oxygen atoms in total. The van der Waals surface area contributed by atoms with Gasteiger partial charge in [0.25, 0.3) is 0 Å². The zero-order valence-corrected chi connectivity index (χ0v) is 22.8. The quantitative estimate of drug-likeness (QED) is 0.458. The fourth-order valence-corrected chi connectivity index (χ4v) is 4.61. The molecular weight excluding hydrogens is 531 g/mol. The first kappa shape index (κ1) is 30.4. The van der Waals surface area contributed by atoms with Crippen molar-refractivity contribution < 1.29 is 31.2 Å². The monoisotopic (exact) mass is 561 g/mol. The second kappa shape index (κ2) is 12.2. The Kier molecular flexibility index (Phi) is 10.0. The lowest BCUT2D eigenvalue weighted by molar-refractivity contribution is -0.139. The molecule has 0 spiro atoms. The van der Waals surface area contributed by atoms with Gasteiger partial charge in [-0.3, -0.25) is 13.9 Å². The maximum absolute atomic E-state index is 13.5. The number of halogens is 4. The van der Waals surface area contributed by atoms with E-state index in [2.05, 4.69) is 5.32 Å². The first-order valence-electron chi connectivity index (χ1n) is 11.5. The van der Waals surface area contributed by atoms with Crippen molar-refractivity contribution in [3.8, 4) is 0 Å². The molecule has 0 saturated heterocycles. The van der Waals surface area contributed by atoms with Crippen molar-refractivity contribution in [3.05, 3.63) is 64.2 Å². The molecule has 2 aromatic carbocycles. The van der Waals surface area contributed by atoms with Crippen LogP contribution in [0.1, 0.15) is 37.5 Å². The van der Waals surface area contributed by atoms with Crippen LogP contribution in [0.25, 0.3) is 0 Å². The number of hydrogen-bond donors (Lipinski definition) is 1. The van der Waals surface area contributed by atoms with E-state index in [1.54, 1.807) is 12.1 Å². The highest BCUT2D eigenvalue weighted by Gasteiger charge is 2.35. The molecule has 1 N–H and O–H groups in total. The van der Waals surface area contributed by atoms with Gasteiger partial charge in [-0.25, -0.2) is 8.42 Å². The SMILES string of the molecule is Cc1cccc(CN(C(=O)CN(c2ccc(Cl)c(C(F)(F)F)c2)S(C)(=O)=O)[C@H](C)C(=O)NCC(C)C)c1. The number of nitrogens with zero attached hydrogens (tertiary/aromatic N) is 2. The molecule has 0 aromatic heterocycles. The largest absolute Gasteiger partial charge is 0.417 e. The average Bonchev–Trinajstić information content (AvgIpc) is 2.77. The second-order valence-corrected chi connectivity index (χ2v) is 11.6. The Balaban J connectivity index is 2.46. The summed E-state index contributed by atoms with van der Waals surface area (Å²) in [5.41, 5.74) is 0.0137. The molecule has 0 unspecified atom stereocenters. The van der Waals surface area contributed by atoms with Crippen LogP contribution >= 0.6 is 11.6 Å². The van der Waals surface area contributed by atoms with Crippen molar-refractivity contribution in [1.29, 1.82) is 0 Å². The topological polar surface area (TPSA) is 86.8 Å². The van der Waals surface area contributed by atoms with E-state index in [1.165, 1.54) is 11.8 Å². The third-order valence-corrected chi connectivity index (χ3v) is 6.98. The van der Waals surface area contributed by atoms with Crippen LogP contribution in [0.2, 0.25) is 5.02 Å². The van der Waals surface area contributed by atoms with Crippen molar-refractivity contribution in [1.82, 2.24) is 10.2 Å². The van der Waals surface area contributed by atoms with Gasteiger partial charge in [-0.15, -0.1) is 0 Å². The minimum Gasteiger partial charge on any atom is -0.354 e. The van der Waals surface area contributed by atoms with Crippen molar-refractivity contribution in [2.75, 3.05) is 23.7 Å². The number of benzene rings is 2. The van der Waals surface area contributed by atoms with Crippen LogP contribution in [0.4, 0.5) is 18.9 Å². The molecule has 0 heterocycles. The first-order chi connectivity index (χ1) is 17.0. The molecule has 37 heavy (non-hydrogen) atoms. The Labute approximate surface area is 220 Å². The summed E-state index contributed by atoms with van der Waals surface area (Å²) in [6.45, 7) is 6.74. The maximum Gasteiger partial charge on any atom is 0.417 e. The van der Waals surface area contributed by atoms with Crippen molar-refractivity contribution in [3.63, 3.8) is 0 Å². The molecule has 2 rings (SSSR count). The minimum atomic E-state index is -4.83. The summed E-state index contributed by atoms with van der Waals surface area (Å²) in [4.78, 5) is 27.5. The summed E-state index contributed by atoms with van der Waals surface area (Å²) >= 11 is 5.68. The van der Waals surface area contributed by atoms with E-state index in [9.17, 15) is 31.2 Å². The van der Waals surface area contributed by atoms with Gasteiger partial charge in [0.05, 0.1) is 22.5 Å². The molecule has 0 saturated carbocycles. The number of nitrogens with one attached hydrogen (secondary N) is 1. The van der Waals surface area contributed by atoms with Crippen LogP contribution in [0, 0.1) is 12.8 Å². The summed E-state index contributed by atoms with van der Waals surface area (Å²) < 4.78 is 66.0. The van der Waals surface area contributed by atoms with Crippen LogP contribution in [0.5, 0.6) is 0 Å². The van der Waals surface area contributed by atoms with Crippen LogP contribution in [0.3, 0.4) is 0 Å². The molecule has 12 heteroatoms. The normalized spacial score (nSPS) is 12.8. The van der Waals surface area contributed by atoms with Crippen molar-refractivity contribution in [2.45, 2.75) is 46.5 Å². The van der Waals surface area contributed by atoms with Crippen LogP contribution in [0.15, 0.2) is 42.5 Å². The molecule has 0 bridgehead atoms. The fourth-order valence-electron chi connectivity index (χ4n) is 3.54. The van der Waals surface area contributed by atoms with Gasteiger partial charge in [-0.2, -0.15) is 13.2 Å². The number of amides is 2. The molecular formula is C25H31ClF3N3O4S. The van der Waals surface area contributed by atoms with Crippen LogP contribution in [-0.4, -0.2) is 50.5 Å².